The average Bonchev–Trinajstić information content (AvgIpc) is 2.62. The number of nitro benzene ring substituents is 1. The minimum absolute atomic E-state index is 0.0575. The Balaban J connectivity index is 1.98. The van der Waals surface area contributed by atoms with E-state index >= 15 is 0 Å². The van der Waals surface area contributed by atoms with Crippen molar-refractivity contribution < 1.29 is 14.5 Å². The van der Waals surface area contributed by atoms with Gasteiger partial charge in [0.1, 0.15) is 12.4 Å². The number of hydrogen-bond acceptors (Lipinski definition) is 5. The zero-order chi connectivity index (χ0) is 18.4. The number of halogens is 1. The molecule has 0 saturated heterocycles. The van der Waals surface area contributed by atoms with Crippen LogP contribution in [0.15, 0.2) is 51.8 Å². The van der Waals surface area contributed by atoms with E-state index in [0.717, 1.165) is 4.47 Å². The highest BCUT2D eigenvalue weighted by Crippen LogP contribution is 2.28. The molecule has 0 N–H and O–H groups in total. The first-order valence-corrected chi connectivity index (χ1v) is 9.40. The van der Waals surface area contributed by atoms with Crippen molar-refractivity contribution in [2.45, 2.75) is 4.90 Å². The molecule has 0 atom stereocenters. The molecule has 2 aromatic carbocycles. The van der Waals surface area contributed by atoms with Gasteiger partial charge >= 0.3 is 0 Å². The second kappa shape index (κ2) is 8.87. The predicted octanol–water partition coefficient (Wildman–Crippen LogP) is 4.23. The summed E-state index contributed by atoms with van der Waals surface area (Å²) < 4.78 is 6.55. The first-order chi connectivity index (χ1) is 11.9. The van der Waals surface area contributed by atoms with Crippen LogP contribution in [0.2, 0.25) is 0 Å². The second-order valence-electron chi connectivity index (χ2n) is 5.17. The molecule has 6 nitrogen and oxygen atoms in total. The topological polar surface area (TPSA) is 72.7 Å². The highest BCUT2D eigenvalue weighted by atomic mass is 79.9. The van der Waals surface area contributed by atoms with Crippen molar-refractivity contribution in [3.63, 3.8) is 0 Å². The Morgan fingerprint density at radius 1 is 1.28 bits per heavy atom. The average molecular weight is 425 g/mol. The van der Waals surface area contributed by atoms with E-state index in [2.05, 4.69) is 15.9 Å². The molecule has 0 saturated carbocycles. The van der Waals surface area contributed by atoms with Crippen LogP contribution in [0.5, 0.6) is 5.75 Å². The van der Waals surface area contributed by atoms with E-state index in [4.69, 9.17) is 4.74 Å². The second-order valence-corrected chi connectivity index (χ2v) is 6.94. The lowest BCUT2D eigenvalue weighted by molar-refractivity contribution is -0.387. The predicted molar refractivity (Wildman–Crippen MR) is 101 cm³/mol. The summed E-state index contributed by atoms with van der Waals surface area (Å²) in [6.45, 7) is 0.696. The quantitative estimate of drug-likeness (QED) is 0.377. The lowest BCUT2D eigenvalue weighted by Gasteiger charge is -2.17. The van der Waals surface area contributed by atoms with Gasteiger partial charge in [-0.25, -0.2) is 0 Å². The molecule has 25 heavy (non-hydrogen) atoms. The van der Waals surface area contributed by atoms with Gasteiger partial charge in [0.05, 0.1) is 16.4 Å². The van der Waals surface area contributed by atoms with Crippen molar-refractivity contribution in [2.75, 3.05) is 26.5 Å². The van der Waals surface area contributed by atoms with Crippen LogP contribution in [0.1, 0.15) is 10.4 Å². The van der Waals surface area contributed by atoms with Crippen LogP contribution >= 0.6 is 27.7 Å². The fourth-order valence-corrected chi connectivity index (χ4v) is 2.93. The molecule has 0 bridgehead atoms. The van der Waals surface area contributed by atoms with Gasteiger partial charge in [-0.2, -0.15) is 0 Å². The number of rotatable bonds is 7. The van der Waals surface area contributed by atoms with E-state index in [9.17, 15) is 14.9 Å². The number of amides is 1. The van der Waals surface area contributed by atoms with E-state index in [-0.39, 0.29) is 17.2 Å². The Kier molecular flexibility index (Phi) is 6.83. The highest BCUT2D eigenvalue weighted by molar-refractivity contribution is 9.10. The third-order valence-electron chi connectivity index (χ3n) is 3.48. The van der Waals surface area contributed by atoms with Crippen LogP contribution in [-0.2, 0) is 0 Å². The van der Waals surface area contributed by atoms with Crippen LogP contribution in [0, 0.1) is 10.1 Å². The molecule has 8 heteroatoms. The van der Waals surface area contributed by atoms with Crippen molar-refractivity contribution in [2.24, 2.45) is 0 Å². The molecule has 0 aromatic heterocycles. The number of nitrogens with zero attached hydrogens (tertiary/aromatic N) is 2. The van der Waals surface area contributed by atoms with Gasteiger partial charge in [0.15, 0.2) is 0 Å². The van der Waals surface area contributed by atoms with E-state index in [1.165, 1.54) is 22.7 Å². The zero-order valence-electron chi connectivity index (χ0n) is 13.8. The van der Waals surface area contributed by atoms with Crippen LogP contribution in [-0.4, -0.2) is 42.2 Å². The Hall–Kier alpha value is -2.06. The molecule has 0 radical (unpaired) electrons. The number of carbonyl (C=O) groups is 1. The Morgan fingerprint density at radius 3 is 2.56 bits per heavy atom. The third-order valence-corrected chi connectivity index (χ3v) is 4.79. The number of carbonyl (C=O) groups excluding carboxylic acids is 1. The minimum Gasteiger partial charge on any atom is -0.492 e. The first kappa shape index (κ1) is 19.3. The molecule has 2 rings (SSSR count). The molecule has 132 valence electrons. The van der Waals surface area contributed by atoms with Gasteiger partial charge in [0.25, 0.3) is 11.6 Å². The van der Waals surface area contributed by atoms with Crippen molar-refractivity contribution >= 4 is 39.3 Å². The maximum Gasteiger partial charge on any atom is 0.283 e. The maximum absolute atomic E-state index is 12.4. The molecule has 0 unspecified atom stereocenters. The van der Waals surface area contributed by atoms with E-state index in [1.54, 1.807) is 25.4 Å². The van der Waals surface area contributed by atoms with Crippen molar-refractivity contribution in [3.05, 3.63) is 62.6 Å². The van der Waals surface area contributed by atoms with Crippen LogP contribution in [0.3, 0.4) is 0 Å². The lowest BCUT2D eigenvalue weighted by Crippen LogP contribution is -2.30. The molecule has 0 spiro atoms. The summed E-state index contributed by atoms with van der Waals surface area (Å²) in [5, 5.41) is 11.1. The Bertz CT molecular complexity index is 768. The molecule has 2 aromatic rings. The number of ether oxygens (including phenoxy) is 1. The number of nitro groups is 1. The smallest absolute Gasteiger partial charge is 0.283 e. The van der Waals surface area contributed by atoms with Gasteiger partial charge in [-0.1, -0.05) is 15.9 Å². The molecule has 0 aliphatic carbocycles. The van der Waals surface area contributed by atoms with Crippen LogP contribution in [0.4, 0.5) is 5.69 Å². The molecular weight excluding hydrogens is 408 g/mol. The molecule has 0 heterocycles. The summed E-state index contributed by atoms with van der Waals surface area (Å²) in [4.78, 5) is 25.1. The van der Waals surface area contributed by atoms with Crippen molar-refractivity contribution in [1.29, 1.82) is 0 Å². The fourth-order valence-electron chi connectivity index (χ4n) is 2.12. The summed E-state index contributed by atoms with van der Waals surface area (Å²) in [6.07, 6.45) is 1.76. The SMILES string of the molecule is CSc1ccc(C(=O)N(C)CCOc2ccc(Br)cc2)cc1[N+](=O)[O-]. The Morgan fingerprint density at radius 2 is 1.96 bits per heavy atom. The molecule has 0 aliphatic heterocycles. The summed E-state index contributed by atoms with van der Waals surface area (Å²) >= 11 is 4.63. The largest absolute Gasteiger partial charge is 0.492 e. The zero-order valence-corrected chi connectivity index (χ0v) is 16.2. The van der Waals surface area contributed by atoms with Gasteiger partial charge in [-0.3, -0.25) is 14.9 Å². The number of benzene rings is 2. The Labute approximate surface area is 158 Å². The monoisotopic (exact) mass is 424 g/mol. The molecule has 0 fully saturated rings. The minimum atomic E-state index is -0.473. The molecular formula is C17H17BrN2O4S. The number of hydrogen-bond donors (Lipinski definition) is 0. The summed E-state index contributed by atoms with van der Waals surface area (Å²) in [5.74, 6) is 0.430. The van der Waals surface area contributed by atoms with E-state index < -0.39 is 4.92 Å². The van der Waals surface area contributed by atoms with Crippen LogP contribution in [0.25, 0.3) is 0 Å². The van der Waals surface area contributed by atoms with Crippen molar-refractivity contribution in [1.82, 2.24) is 4.90 Å². The first-order valence-electron chi connectivity index (χ1n) is 7.38. The molecule has 1 amide bonds. The van der Waals surface area contributed by atoms with Gasteiger partial charge in [0, 0.05) is 23.2 Å². The summed E-state index contributed by atoms with van der Waals surface area (Å²) in [6, 6.07) is 11.9. The fraction of sp³-hybridized carbons (Fsp3) is 0.235. The third kappa shape index (κ3) is 5.20. The van der Waals surface area contributed by atoms with Gasteiger partial charge in [-0.15, -0.1) is 11.8 Å². The van der Waals surface area contributed by atoms with Gasteiger partial charge in [0.2, 0.25) is 0 Å². The lowest BCUT2D eigenvalue weighted by atomic mass is 10.2. The maximum atomic E-state index is 12.4. The number of likely N-dealkylation sites (N-methyl/N-ethyl adjacent to an activating group) is 1. The van der Waals surface area contributed by atoms with E-state index in [1.807, 2.05) is 24.3 Å². The van der Waals surface area contributed by atoms with E-state index in [0.29, 0.717) is 23.8 Å². The molecule has 0 aliphatic rings. The van der Waals surface area contributed by atoms with Gasteiger partial charge in [-0.05, 0) is 42.7 Å². The summed E-state index contributed by atoms with van der Waals surface area (Å²) in [7, 11) is 1.64. The summed E-state index contributed by atoms with van der Waals surface area (Å²) in [5.41, 5.74) is 0.230. The normalized spacial score (nSPS) is 10.4. The van der Waals surface area contributed by atoms with Crippen molar-refractivity contribution in [3.8, 4) is 5.75 Å². The number of thioether (sulfide) groups is 1. The highest BCUT2D eigenvalue weighted by Gasteiger charge is 2.19. The standard InChI is InChI=1S/C17H17BrN2O4S/c1-19(9-10-24-14-6-4-13(18)5-7-14)17(21)12-3-8-16(25-2)15(11-12)20(22)23/h3-8,11H,9-10H2,1-2H3. The van der Waals surface area contributed by atoms with Crippen LogP contribution < -0.4 is 4.74 Å². The van der Waals surface area contributed by atoms with Gasteiger partial charge < -0.3 is 9.64 Å².